The van der Waals surface area contributed by atoms with Gasteiger partial charge in [-0.3, -0.25) is 4.68 Å². The van der Waals surface area contributed by atoms with Crippen LogP contribution in [0.3, 0.4) is 0 Å². The Balaban J connectivity index is 1.76. The minimum absolute atomic E-state index is 0.481. The Kier molecular flexibility index (Phi) is 3.77. The number of benzene rings is 1. The lowest BCUT2D eigenvalue weighted by Crippen LogP contribution is -2.11. The number of aryl methyl sites for hydroxylation is 1. The molecule has 0 bridgehead atoms. The summed E-state index contributed by atoms with van der Waals surface area (Å²) in [6.07, 6.45) is 6.57. The largest absolute Gasteiger partial charge is 0.385 e. The highest BCUT2D eigenvalue weighted by Gasteiger charge is 2.10. The zero-order chi connectivity index (χ0) is 13.9. The van der Waals surface area contributed by atoms with E-state index in [0.717, 1.165) is 25.1 Å². The number of hydrogen-bond donors (Lipinski definition) is 1. The van der Waals surface area contributed by atoms with E-state index >= 15 is 0 Å². The van der Waals surface area contributed by atoms with Gasteiger partial charge in [-0.25, -0.2) is 0 Å². The standard InChI is InChI=1S/C17H23N3/c1-3-13(2)20-10-8-16(19-20)11-14-6-7-15-5-4-9-18-17(15)12-14/h6-8,10,12-13,18H,3-5,9,11H2,1-2H3. The molecule has 0 amide bonds. The van der Waals surface area contributed by atoms with Crippen LogP contribution in [-0.4, -0.2) is 16.3 Å². The molecule has 0 fully saturated rings. The first kappa shape index (κ1) is 13.2. The Morgan fingerprint density at radius 3 is 3.10 bits per heavy atom. The molecular weight excluding hydrogens is 246 g/mol. The number of aromatic nitrogens is 2. The Labute approximate surface area is 121 Å². The van der Waals surface area contributed by atoms with Crippen molar-refractivity contribution in [1.29, 1.82) is 0 Å². The third-order valence-electron chi connectivity index (χ3n) is 4.20. The van der Waals surface area contributed by atoms with Gasteiger partial charge in [0.25, 0.3) is 0 Å². The first-order valence-corrected chi connectivity index (χ1v) is 7.66. The highest BCUT2D eigenvalue weighted by molar-refractivity contribution is 5.55. The van der Waals surface area contributed by atoms with Crippen molar-refractivity contribution in [2.45, 2.75) is 45.6 Å². The van der Waals surface area contributed by atoms with E-state index in [9.17, 15) is 0 Å². The van der Waals surface area contributed by atoms with Gasteiger partial charge in [0.15, 0.2) is 0 Å². The van der Waals surface area contributed by atoms with Crippen molar-refractivity contribution in [3.05, 3.63) is 47.3 Å². The van der Waals surface area contributed by atoms with Gasteiger partial charge < -0.3 is 5.32 Å². The molecule has 0 radical (unpaired) electrons. The third-order valence-corrected chi connectivity index (χ3v) is 4.20. The SMILES string of the molecule is CCC(C)n1ccc(Cc2ccc3c(c2)NCCC3)n1. The number of hydrogen-bond acceptors (Lipinski definition) is 2. The third kappa shape index (κ3) is 2.72. The quantitative estimate of drug-likeness (QED) is 0.915. The molecule has 1 aromatic carbocycles. The van der Waals surface area contributed by atoms with Crippen LogP contribution in [0.15, 0.2) is 30.5 Å². The summed E-state index contributed by atoms with van der Waals surface area (Å²) in [4.78, 5) is 0. The molecule has 3 heteroatoms. The molecule has 2 heterocycles. The lowest BCUT2D eigenvalue weighted by molar-refractivity contribution is 0.474. The second-order valence-corrected chi connectivity index (χ2v) is 5.74. The van der Waals surface area contributed by atoms with Gasteiger partial charge in [-0.05, 0) is 49.4 Å². The highest BCUT2D eigenvalue weighted by Crippen LogP contribution is 2.24. The average Bonchev–Trinajstić information content (AvgIpc) is 2.95. The fourth-order valence-electron chi connectivity index (χ4n) is 2.73. The number of nitrogens with zero attached hydrogens (tertiary/aromatic N) is 2. The van der Waals surface area contributed by atoms with Crippen LogP contribution in [0.25, 0.3) is 0 Å². The van der Waals surface area contributed by atoms with Gasteiger partial charge in [0.2, 0.25) is 0 Å². The summed E-state index contributed by atoms with van der Waals surface area (Å²) in [7, 11) is 0. The van der Waals surface area contributed by atoms with Crippen molar-refractivity contribution < 1.29 is 0 Å². The van der Waals surface area contributed by atoms with Crippen molar-refractivity contribution in [1.82, 2.24) is 9.78 Å². The van der Waals surface area contributed by atoms with Crippen molar-refractivity contribution >= 4 is 5.69 Å². The van der Waals surface area contributed by atoms with Gasteiger partial charge in [0.05, 0.1) is 5.69 Å². The van der Waals surface area contributed by atoms with Crippen LogP contribution >= 0.6 is 0 Å². The van der Waals surface area contributed by atoms with Crippen LogP contribution in [0.2, 0.25) is 0 Å². The zero-order valence-corrected chi connectivity index (χ0v) is 12.4. The normalized spacial score (nSPS) is 15.5. The molecule has 1 atom stereocenters. The van der Waals surface area contributed by atoms with E-state index in [0.29, 0.717) is 6.04 Å². The summed E-state index contributed by atoms with van der Waals surface area (Å²) in [5, 5.41) is 8.18. The Bertz CT molecular complexity index is 586. The van der Waals surface area contributed by atoms with E-state index in [-0.39, 0.29) is 0 Å². The van der Waals surface area contributed by atoms with Gasteiger partial charge in [0, 0.05) is 30.9 Å². The molecule has 106 valence electrons. The molecule has 1 aliphatic heterocycles. The van der Waals surface area contributed by atoms with Crippen molar-refractivity contribution in [2.75, 3.05) is 11.9 Å². The maximum absolute atomic E-state index is 4.68. The van der Waals surface area contributed by atoms with Crippen molar-refractivity contribution in [3.63, 3.8) is 0 Å². The smallest absolute Gasteiger partial charge is 0.0668 e. The molecule has 3 nitrogen and oxygen atoms in total. The molecule has 3 rings (SSSR count). The molecule has 1 aromatic heterocycles. The van der Waals surface area contributed by atoms with E-state index in [1.165, 1.54) is 29.7 Å². The van der Waals surface area contributed by atoms with Crippen LogP contribution in [0.1, 0.15) is 49.6 Å². The first-order valence-electron chi connectivity index (χ1n) is 7.66. The van der Waals surface area contributed by atoms with Crippen LogP contribution in [0.4, 0.5) is 5.69 Å². The van der Waals surface area contributed by atoms with Gasteiger partial charge in [-0.2, -0.15) is 5.10 Å². The fourth-order valence-corrected chi connectivity index (χ4v) is 2.73. The minimum Gasteiger partial charge on any atom is -0.385 e. The molecule has 0 saturated carbocycles. The molecule has 1 unspecified atom stereocenters. The molecule has 1 aliphatic rings. The van der Waals surface area contributed by atoms with Crippen LogP contribution in [0.5, 0.6) is 0 Å². The van der Waals surface area contributed by atoms with E-state index < -0.39 is 0 Å². The van der Waals surface area contributed by atoms with E-state index in [1.54, 1.807) is 0 Å². The maximum atomic E-state index is 4.68. The summed E-state index contributed by atoms with van der Waals surface area (Å²) in [6, 6.07) is 9.42. The molecule has 0 saturated heterocycles. The second-order valence-electron chi connectivity index (χ2n) is 5.74. The second kappa shape index (κ2) is 5.70. The Morgan fingerprint density at radius 2 is 2.25 bits per heavy atom. The number of nitrogens with one attached hydrogen (secondary N) is 1. The fraction of sp³-hybridized carbons (Fsp3) is 0.471. The van der Waals surface area contributed by atoms with Crippen LogP contribution in [0, 0.1) is 0 Å². The summed E-state index contributed by atoms with van der Waals surface area (Å²) < 4.78 is 2.08. The van der Waals surface area contributed by atoms with Gasteiger partial charge in [-0.1, -0.05) is 19.1 Å². The molecular formula is C17H23N3. The highest BCUT2D eigenvalue weighted by atomic mass is 15.3. The average molecular weight is 269 g/mol. The van der Waals surface area contributed by atoms with E-state index in [2.05, 4.69) is 59.4 Å². The summed E-state index contributed by atoms with van der Waals surface area (Å²) in [5.74, 6) is 0. The lowest BCUT2D eigenvalue weighted by atomic mass is 9.99. The number of anilines is 1. The zero-order valence-electron chi connectivity index (χ0n) is 12.4. The number of fused-ring (bicyclic) bond motifs is 1. The summed E-state index contributed by atoms with van der Waals surface area (Å²) in [5.41, 5.74) is 5.26. The first-order chi connectivity index (χ1) is 9.76. The molecule has 2 aromatic rings. The lowest BCUT2D eigenvalue weighted by Gasteiger charge is -2.18. The Morgan fingerprint density at radius 1 is 1.35 bits per heavy atom. The van der Waals surface area contributed by atoms with Crippen LogP contribution in [-0.2, 0) is 12.8 Å². The van der Waals surface area contributed by atoms with Crippen LogP contribution < -0.4 is 5.32 Å². The maximum Gasteiger partial charge on any atom is 0.0668 e. The van der Waals surface area contributed by atoms with E-state index in [4.69, 9.17) is 0 Å². The van der Waals surface area contributed by atoms with Crippen molar-refractivity contribution in [2.24, 2.45) is 0 Å². The molecule has 20 heavy (non-hydrogen) atoms. The predicted molar refractivity (Wildman–Crippen MR) is 83.3 cm³/mol. The molecule has 1 N–H and O–H groups in total. The van der Waals surface area contributed by atoms with Gasteiger partial charge in [-0.15, -0.1) is 0 Å². The Hall–Kier alpha value is -1.77. The summed E-state index contributed by atoms with van der Waals surface area (Å²) in [6.45, 7) is 5.50. The molecule has 0 aliphatic carbocycles. The summed E-state index contributed by atoms with van der Waals surface area (Å²) >= 11 is 0. The topological polar surface area (TPSA) is 29.9 Å². The predicted octanol–water partition coefficient (Wildman–Crippen LogP) is 3.80. The minimum atomic E-state index is 0.481. The van der Waals surface area contributed by atoms with Gasteiger partial charge in [0.1, 0.15) is 0 Å². The monoisotopic (exact) mass is 269 g/mol. The molecule has 0 spiro atoms. The van der Waals surface area contributed by atoms with Crippen molar-refractivity contribution in [3.8, 4) is 0 Å². The van der Waals surface area contributed by atoms with Gasteiger partial charge >= 0.3 is 0 Å². The van der Waals surface area contributed by atoms with E-state index in [1.807, 2.05) is 0 Å². The number of rotatable bonds is 4.